The molecule has 4 N–H and O–H groups in total. The average Bonchev–Trinajstić information content (AvgIpc) is 2.12. The third-order valence-corrected chi connectivity index (χ3v) is 1.93. The molecule has 76 valence electrons. The molecule has 0 heterocycles. The van der Waals surface area contributed by atoms with Crippen molar-refractivity contribution < 1.29 is 4.79 Å². The summed E-state index contributed by atoms with van der Waals surface area (Å²) in [5.74, 6) is 4.90. The Labute approximate surface area is 83.5 Å². The first-order chi connectivity index (χ1) is 6.63. The first-order valence-corrected chi connectivity index (χ1v) is 4.44. The number of hydrazine groups is 1. The van der Waals surface area contributed by atoms with Crippen molar-refractivity contribution in [2.24, 2.45) is 5.84 Å². The van der Waals surface area contributed by atoms with E-state index in [0.717, 1.165) is 16.8 Å². The summed E-state index contributed by atoms with van der Waals surface area (Å²) in [5, 5.41) is 2.77. The van der Waals surface area contributed by atoms with Gasteiger partial charge in [-0.15, -0.1) is 0 Å². The Hall–Kier alpha value is -1.39. The zero-order valence-electron chi connectivity index (χ0n) is 8.42. The zero-order chi connectivity index (χ0) is 10.6. The van der Waals surface area contributed by atoms with E-state index in [2.05, 4.69) is 10.7 Å². The van der Waals surface area contributed by atoms with Crippen LogP contribution in [0.25, 0.3) is 0 Å². The number of rotatable bonds is 3. The van der Waals surface area contributed by atoms with Crippen LogP contribution in [0.2, 0.25) is 0 Å². The third-order valence-electron chi connectivity index (χ3n) is 1.93. The van der Waals surface area contributed by atoms with Gasteiger partial charge in [0, 0.05) is 5.69 Å². The minimum Gasteiger partial charge on any atom is -0.325 e. The van der Waals surface area contributed by atoms with Gasteiger partial charge in [-0.3, -0.25) is 16.1 Å². The summed E-state index contributed by atoms with van der Waals surface area (Å²) >= 11 is 0. The second-order valence-corrected chi connectivity index (χ2v) is 3.25. The highest BCUT2D eigenvalue weighted by Crippen LogP contribution is 2.15. The Balaban J connectivity index is 2.75. The molecule has 0 atom stereocenters. The molecule has 0 radical (unpaired) electrons. The van der Waals surface area contributed by atoms with Crippen LogP contribution in [0.3, 0.4) is 0 Å². The number of amides is 1. The molecule has 0 aliphatic heterocycles. The smallest absolute Gasteiger partial charge is 0.239 e. The monoisotopic (exact) mass is 193 g/mol. The van der Waals surface area contributed by atoms with Crippen molar-refractivity contribution in [1.29, 1.82) is 0 Å². The maximum absolute atomic E-state index is 11.2. The van der Waals surface area contributed by atoms with Gasteiger partial charge in [0.2, 0.25) is 5.91 Å². The SMILES string of the molecule is Cc1ccc(C)c(NC(=O)CNN)c1. The van der Waals surface area contributed by atoms with Gasteiger partial charge >= 0.3 is 0 Å². The fourth-order valence-corrected chi connectivity index (χ4v) is 1.16. The zero-order valence-corrected chi connectivity index (χ0v) is 8.42. The van der Waals surface area contributed by atoms with Crippen molar-refractivity contribution in [3.63, 3.8) is 0 Å². The van der Waals surface area contributed by atoms with Crippen LogP contribution < -0.4 is 16.6 Å². The van der Waals surface area contributed by atoms with Gasteiger partial charge in [0.1, 0.15) is 0 Å². The van der Waals surface area contributed by atoms with E-state index < -0.39 is 0 Å². The first kappa shape index (κ1) is 10.7. The number of aryl methyl sites for hydroxylation is 2. The van der Waals surface area contributed by atoms with Crippen LogP contribution in [0, 0.1) is 13.8 Å². The molecule has 0 saturated carbocycles. The highest BCUT2D eigenvalue weighted by Gasteiger charge is 2.03. The van der Waals surface area contributed by atoms with Gasteiger partial charge in [0.25, 0.3) is 0 Å². The molecule has 0 saturated heterocycles. The van der Waals surface area contributed by atoms with Gasteiger partial charge in [-0.1, -0.05) is 12.1 Å². The number of hydrogen-bond acceptors (Lipinski definition) is 3. The van der Waals surface area contributed by atoms with Crippen molar-refractivity contribution in [2.45, 2.75) is 13.8 Å². The maximum Gasteiger partial charge on any atom is 0.239 e. The highest BCUT2D eigenvalue weighted by atomic mass is 16.2. The van der Waals surface area contributed by atoms with Gasteiger partial charge in [-0.25, -0.2) is 0 Å². The topological polar surface area (TPSA) is 67.2 Å². The predicted octanol–water partition coefficient (Wildman–Crippen LogP) is 0.705. The van der Waals surface area contributed by atoms with Crippen LogP contribution in [-0.2, 0) is 4.79 Å². The van der Waals surface area contributed by atoms with Gasteiger partial charge in [0.05, 0.1) is 6.54 Å². The largest absolute Gasteiger partial charge is 0.325 e. The highest BCUT2D eigenvalue weighted by molar-refractivity contribution is 5.92. The number of nitrogens with two attached hydrogens (primary N) is 1. The van der Waals surface area contributed by atoms with E-state index in [4.69, 9.17) is 5.84 Å². The molecule has 1 rings (SSSR count). The van der Waals surface area contributed by atoms with Gasteiger partial charge in [-0.2, -0.15) is 0 Å². The van der Waals surface area contributed by atoms with Gasteiger partial charge < -0.3 is 5.32 Å². The Morgan fingerprint density at radius 1 is 1.43 bits per heavy atom. The number of benzene rings is 1. The normalized spacial score (nSPS) is 9.93. The molecule has 0 aliphatic rings. The molecule has 0 bridgehead atoms. The Bertz CT molecular complexity index is 336. The molecule has 0 aliphatic carbocycles. The van der Waals surface area contributed by atoms with E-state index in [1.54, 1.807) is 0 Å². The van der Waals surface area contributed by atoms with E-state index in [1.165, 1.54) is 0 Å². The lowest BCUT2D eigenvalue weighted by Crippen LogP contribution is -2.32. The fourth-order valence-electron chi connectivity index (χ4n) is 1.16. The summed E-state index contributed by atoms with van der Waals surface area (Å²) in [5.41, 5.74) is 5.31. The number of nitrogens with one attached hydrogen (secondary N) is 2. The van der Waals surface area contributed by atoms with E-state index in [1.807, 2.05) is 32.0 Å². The molecule has 4 heteroatoms. The summed E-state index contributed by atoms with van der Waals surface area (Å²) in [6, 6.07) is 5.91. The quantitative estimate of drug-likeness (QED) is 0.489. The molecule has 0 spiro atoms. The molecule has 1 amide bonds. The van der Waals surface area contributed by atoms with Crippen LogP contribution in [0.15, 0.2) is 18.2 Å². The van der Waals surface area contributed by atoms with Crippen molar-refractivity contribution in [3.05, 3.63) is 29.3 Å². The summed E-state index contributed by atoms with van der Waals surface area (Å²) in [6.07, 6.45) is 0. The summed E-state index contributed by atoms with van der Waals surface area (Å²) in [4.78, 5) is 11.2. The third kappa shape index (κ3) is 2.83. The summed E-state index contributed by atoms with van der Waals surface area (Å²) in [7, 11) is 0. The van der Waals surface area contributed by atoms with Crippen molar-refractivity contribution in [3.8, 4) is 0 Å². The standard InChI is InChI=1S/C10H15N3O/c1-7-3-4-8(2)9(5-7)13-10(14)6-12-11/h3-5,12H,6,11H2,1-2H3,(H,13,14). The number of hydrogen-bond donors (Lipinski definition) is 3. The first-order valence-electron chi connectivity index (χ1n) is 4.44. The Kier molecular flexibility index (Phi) is 3.62. The van der Waals surface area contributed by atoms with E-state index in [-0.39, 0.29) is 12.5 Å². The molecule has 0 unspecified atom stereocenters. The molecule has 14 heavy (non-hydrogen) atoms. The van der Waals surface area contributed by atoms with Crippen LogP contribution in [0.1, 0.15) is 11.1 Å². The lowest BCUT2D eigenvalue weighted by Gasteiger charge is -2.08. The summed E-state index contributed by atoms with van der Waals surface area (Å²) in [6.45, 7) is 4.05. The van der Waals surface area contributed by atoms with Gasteiger partial charge in [-0.05, 0) is 31.0 Å². The van der Waals surface area contributed by atoms with Crippen molar-refractivity contribution in [2.75, 3.05) is 11.9 Å². The number of anilines is 1. The average molecular weight is 193 g/mol. The van der Waals surface area contributed by atoms with Crippen molar-refractivity contribution in [1.82, 2.24) is 5.43 Å². The molecule has 1 aromatic rings. The molecule has 0 aromatic heterocycles. The Morgan fingerprint density at radius 2 is 2.14 bits per heavy atom. The lowest BCUT2D eigenvalue weighted by atomic mass is 10.1. The van der Waals surface area contributed by atoms with E-state index in [9.17, 15) is 4.79 Å². The maximum atomic E-state index is 11.2. The minimum atomic E-state index is -0.138. The van der Waals surface area contributed by atoms with E-state index in [0.29, 0.717) is 0 Å². The van der Waals surface area contributed by atoms with E-state index >= 15 is 0 Å². The molecular formula is C10H15N3O. The Morgan fingerprint density at radius 3 is 2.79 bits per heavy atom. The minimum absolute atomic E-state index is 0.118. The van der Waals surface area contributed by atoms with Crippen LogP contribution in [0.5, 0.6) is 0 Å². The lowest BCUT2D eigenvalue weighted by molar-refractivity contribution is -0.115. The molecule has 4 nitrogen and oxygen atoms in total. The second-order valence-electron chi connectivity index (χ2n) is 3.25. The van der Waals surface area contributed by atoms with Crippen LogP contribution >= 0.6 is 0 Å². The van der Waals surface area contributed by atoms with Crippen molar-refractivity contribution >= 4 is 11.6 Å². The molecular weight excluding hydrogens is 178 g/mol. The fraction of sp³-hybridized carbons (Fsp3) is 0.300. The van der Waals surface area contributed by atoms with Crippen LogP contribution in [0.4, 0.5) is 5.69 Å². The number of carbonyl (C=O) groups excluding carboxylic acids is 1. The molecule has 0 fully saturated rings. The van der Waals surface area contributed by atoms with Gasteiger partial charge in [0.15, 0.2) is 0 Å². The van der Waals surface area contributed by atoms with Crippen LogP contribution in [-0.4, -0.2) is 12.5 Å². The molecule has 1 aromatic carbocycles. The second kappa shape index (κ2) is 4.74. The number of carbonyl (C=O) groups is 1. The predicted molar refractivity (Wildman–Crippen MR) is 56.7 cm³/mol. The summed E-state index contributed by atoms with van der Waals surface area (Å²) < 4.78 is 0.